The first kappa shape index (κ1) is 10.0. The monoisotopic (exact) mass is 221 g/mol. The van der Waals surface area contributed by atoms with Gasteiger partial charge in [0, 0.05) is 6.04 Å². The van der Waals surface area contributed by atoms with E-state index >= 15 is 0 Å². The zero-order valence-corrected chi connectivity index (χ0v) is 9.42. The van der Waals surface area contributed by atoms with E-state index in [4.69, 9.17) is 4.74 Å². The lowest BCUT2D eigenvalue weighted by atomic mass is 9.85. The molecule has 5 unspecified atom stereocenters. The molecule has 2 bridgehead atoms. The predicted molar refractivity (Wildman–Crippen MR) is 56.4 cm³/mol. The van der Waals surface area contributed by atoms with Gasteiger partial charge in [-0.25, -0.2) is 0 Å². The third-order valence-electron chi connectivity index (χ3n) is 3.98. The summed E-state index contributed by atoms with van der Waals surface area (Å²) in [7, 11) is 0. The highest BCUT2D eigenvalue weighted by atomic mass is 16.5. The van der Waals surface area contributed by atoms with Gasteiger partial charge in [-0.2, -0.15) is 0 Å². The molecule has 2 amide bonds. The van der Waals surface area contributed by atoms with E-state index < -0.39 is 0 Å². The van der Waals surface area contributed by atoms with Crippen molar-refractivity contribution in [3.63, 3.8) is 0 Å². The molecule has 3 heterocycles. The van der Waals surface area contributed by atoms with Gasteiger partial charge >= 0.3 is 0 Å². The molecule has 0 aliphatic carbocycles. The average molecular weight is 221 g/mol. The Hall–Kier alpha value is -1.16. The Kier molecular flexibility index (Phi) is 1.98. The maximum atomic E-state index is 12.2. The fraction of sp³-hybridized carbons (Fsp3) is 0.667. The highest BCUT2D eigenvalue weighted by Crippen LogP contribution is 2.45. The lowest BCUT2D eigenvalue weighted by molar-refractivity contribution is -0.144. The molecule has 2 saturated heterocycles. The maximum absolute atomic E-state index is 12.2. The van der Waals surface area contributed by atoms with Crippen molar-refractivity contribution in [1.29, 1.82) is 0 Å². The molecule has 0 spiro atoms. The first-order valence-corrected chi connectivity index (χ1v) is 5.86. The van der Waals surface area contributed by atoms with Crippen LogP contribution in [0.5, 0.6) is 0 Å². The molecule has 0 N–H and O–H groups in total. The Balaban J connectivity index is 1.94. The van der Waals surface area contributed by atoms with Crippen LogP contribution in [-0.2, 0) is 14.3 Å². The molecule has 3 rings (SSSR count). The van der Waals surface area contributed by atoms with Gasteiger partial charge in [0.1, 0.15) is 0 Å². The second-order valence-corrected chi connectivity index (χ2v) is 4.81. The molecule has 4 heteroatoms. The van der Waals surface area contributed by atoms with E-state index in [0.717, 1.165) is 6.42 Å². The number of hydrogen-bond donors (Lipinski definition) is 0. The van der Waals surface area contributed by atoms with Gasteiger partial charge < -0.3 is 4.74 Å². The molecule has 5 atom stereocenters. The molecule has 16 heavy (non-hydrogen) atoms. The van der Waals surface area contributed by atoms with Crippen LogP contribution >= 0.6 is 0 Å². The molecule has 2 fully saturated rings. The Bertz CT molecular complexity index is 360. The highest BCUT2D eigenvalue weighted by Gasteiger charge is 2.61. The molecule has 0 radical (unpaired) electrons. The Labute approximate surface area is 94.2 Å². The topological polar surface area (TPSA) is 46.6 Å². The summed E-state index contributed by atoms with van der Waals surface area (Å²) in [4.78, 5) is 25.8. The van der Waals surface area contributed by atoms with Crippen molar-refractivity contribution in [2.24, 2.45) is 11.8 Å². The van der Waals surface area contributed by atoms with Crippen LogP contribution in [-0.4, -0.2) is 35.0 Å². The van der Waals surface area contributed by atoms with Crippen LogP contribution in [0.25, 0.3) is 0 Å². The Morgan fingerprint density at radius 2 is 1.75 bits per heavy atom. The van der Waals surface area contributed by atoms with Crippen LogP contribution in [0.15, 0.2) is 12.2 Å². The minimum Gasteiger partial charge on any atom is -0.365 e. The van der Waals surface area contributed by atoms with Gasteiger partial charge in [-0.15, -0.1) is 0 Å². The van der Waals surface area contributed by atoms with Gasteiger partial charge in [-0.3, -0.25) is 14.5 Å². The van der Waals surface area contributed by atoms with Crippen LogP contribution in [0, 0.1) is 11.8 Å². The normalized spacial score (nSPS) is 42.0. The number of amides is 2. The minimum atomic E-state index is -0.253. The van der Waals surface area contributed by atoms with E-state index in [0.29, 0.717) is 0 Å². The maximum Gasteiger partial charge on any atom is 0.236 e. The van der Waals surface area contributed by atoms with E-state index in [2.05, 4.69) is 0 Å². The zero-order chi connectivity index (χ0) is 11.4. The van der Waals surface area contributed by atoms with Crippen molar-refractivity contribution >= 4 is 11.8 Å². The number of imide groups is 1. The van der Waals surface area contributed by atoms with Crippen LogP contribution in [0.4, 0.5) is 0 Å². The second-order valence-electron chi connectivity index (χ2n) is 4.81. The van der Waals surface area contributed by atoms with Crippen molar-refractivity contribution in [2.75, 3.05) is 0 Å². The summed E-state index contributed by atoms with van der Waals surface area (Å²) in [5, 5.41) is 0. The molecule has 0 aromatic carbocycles. The van der Waals surface area contributed by atoms with Gasteiger partial charge in [-0.1, -0.05) is 19.1 Å². The average Bonchev–Trinajstić information content (AvgIpc) is 2.92. The summed E-state index contributed by atoms with van der Waals surface area (Å²) in [6.45, 7) is 3.91. The number of fused-ring (bicyclic) bond motifs is 5. The smallest absolute Gasteiger partial charge is 0.236 e. The molecule has 3 aliphatic heterocycles. The van der Waals surface area contributed by atoms with E-state index in [9.17, 15) is 9.59 Å². The van der Waals surface area contributed by atoms with E-state index in [-0.39, 0.29) is 41.9 Å². The summed E-state index contributed by atoms with van der Waals surface area (Å²) in [6, 6.07) is 0.00463. The third kappa shape index (κ3) is 1.03. The van der Waals surface area contributed by atoms with Crippen LogP contribution < -0.4 is 0 Å². The molecular weight excluding hydrogens is 206 g/mol. The van der Waals surface area contributed by atoms with Crippen molar-refractivity contribution in [2.45, 2.75) is 38.5 Å². The molecule has 0 saturated carbocycles. The van der Waals surface area contributed by atoms with Gasteiger partial charge in [0.15, 0.2) is 0 Å². The summed E-state index contributed by atoms with van der Waals surface area (Å²) in [6.07, 6.45) is 4.30. The predicted octanol–water partition coefficient (Wildman–Crippen LogP) is 0.723. The molecule has 86 valence electrons. The summed E-state index contributed by atoms with van der Waals surface area (Å²) in [5.41, 5.74) is 0. The molecule has 4 nitrogen and oxygen atoms in total. The van der Waals surface area contributed by atoms with Gasteiger partial charge in [-0.05, 0) is 13.3 Å². The lowest BCUT2D eigenvalue weighted by Gasteiger charge is -2.23. The fourth-order valence-electron chi connectivity index (χ4n) is 2.94. The van der Waals surface area contributed by atoms with Gasteiger partial charge in [0.2, 0.25) is 11.8 Å². The van der Waals surface area contributed by atoms with E-state index in [1.165, 1.54) is 4.90 Å². The van der Waals surface area contributed by atoms with Gasteiger partial charge in [0.25, 0.3) is 0 Å². The lowest BCUT2D eigenvalue weighted by Crippen LogP contribution is -2.40. The Morgan fingerprint density at radius 3 is 2.19 bits per heavy atom. The van der Waals surface area contributed by atoms with Gasteiger partial charge in [0.05, 0.1) is 24.0 Å². The third-order valence-corrected chi connectivity index (χ3v) is 3.98. The first-order chi connectivity index (χ1) is 7.65. The standard InChI is InChI=1S/C12H15NO3/c1-3-6(2)13-11(14)9-7-4-5-8(16-7)10(9)12(13)15/h4-10H,3H2,1-2H3. The molecule has 0 aromatic rings. The zero-order valence-electron chi connectivity index (χ0n) is 9.42. The fourth-order valence-corrected chi connectivity index (χ4v) is 2.94. The SMILES string of the molecule is CCC(C)N1C(=O)C2C3C=CC(O3)C2C1=O. The molecule has 0 aromatic heterocycles. The Morgan fingerprint density at radius 1 is 1.25 bits per heavy atom. The molecular formula is C12H15NO3. The number of hydrogen-bond acceptors (Lipinski definition) is 3. The number of likely N-dealkylation sites (tertiary alicyclic amines) is 1. The highest BCUT2D eigenvalue weighted by molar-refractivity contribution is 6.07. The van der Waals surface area contributed by atoms with E-state index in [1.54, 1.807) is 0 Å². The second kappa shape index (κ2) is 3.17. The van der Waals surface area contributed by atoms with Crippen LogP contribution in [0.3, 0.4) is 0 Å². The summed E-state index contributed by atoms with van der Waals surface area (Å²) in [5.74, 6) is -0.588. The number of nitrogens with zero attached hydrogens (tertiary/aromatic N) is 1. The largest absolute Gasteiger partial charge is 0.365 e. The van der Waals surface area contributed by atoms with Crippen molar-refractivity contribution < 1.29 is 14.3 Å². The van der Waals surface area contributed by atoms with Crippen molar-refractivity contribution in [1.82, 2.24) is 4.90 Å². The van der Waals surface area contributed by atoms with Crippen molar-refractivity contribution in [3.05, 3.63) is 12.2 Å². The minimum absolute atomic E-state index is 0.00463. The van der Waals surface area contributed by atoms with Crippen LogP contribution in [0.1, 0.15) is 20.3 Å². The number of carbonyl (C=O) groups excluding carboxylic acids is 2. The number of ether oxygens (including phenoxy) is 1. The van der Waals surface area contributed by atoms with E-state index in [1.807, 2.05) is 26.0 Å². The molecule has 3 aliphatic rings. The summed E-state index contributed by atoms with van der Waals surface area (Å²) >= 11 is 0. The quantitative estimate of drug-likeness (QED) is 0.510. The number of carbonyl (C=O) groups is 2. The number of rotatable bonds is 2. The summed E-state index contributed by atoms with van der Waals surface area (Å²) < 4.78 is 5.56. The van der Waals surface area contributed by atoms with Crippen LogP contribution in [0.2, 0.25) is 0 Å². The van der Waals surface area contributed by atoms with Crippen molar-refractivity contribution in [3.8, 4) is 0 Å². The first-order valence-electron chi connectivity index (χ1n) is 5.86.